The highest BCUT2D eigenvalue weighted by molar-refractivity contribution is 5.80. The van der Waals surface area contributed by atoms with Gasteiger partial charge in [0.25, 0.3) is 0 Å². The van der Waals surface area contributed by atoms with Gasteiger partial charge in [0.05, 0.1) is 0 Å². The number of aliphatic imine (C=N–C) groups is 1. The number of guanidine groups is 1. The Labute approximate surface area is 187 Å². The predicted molar refractivity (Wildman–Crippen MR) is 126 cm³/mol. The molecule has 1 amide bonds. The number of piperidine rings is 1. The summed E-state index contributed by atoms with van der Waals surface area (Å²) in [6.45, 7) is 11.2. The fourth-order valence-corrected chi connectivity index (χ4v) is 5.19. The third-order valence-corrected chi connectivity index (χ3v) is 6.89. The Kier molecular flexibility index (Phi) is 7.84. The van der Waals surface area contributed by atoms with Gasteiger partial charge in [0.1, 0.15) is 0 Å². The van der Waals surface area contributed by atoms with Crippen LogP contribution in [0.25, 0.3) is 0 Å². The first-order valence-corrected chi connectivity index (χ1v) is 12.3. The average Bonchev–Trinajstić information content (AvgIpc) is 3.43. The van der Waals surface area contributed by atoms with Gasteiger partial charge in [-0.05, 0) is 62.7 Å². The number of benzene rings is 1. The van der Waals surface area contributed by atoms with Crippen molar-refractivity contribution < 1.29 is 4.79 Å². The van der Waals surface area contributed by atoms with E-state index in [2.05, 4.69) is 46.3 Å². The van der Waals surface area contributed by atoms with E-state index < -0.39 is 0 Å². The van der Waals surface area contributed by atoms with Crippen LogP contribution in [0.1, 0.15) is 56.6 Å². The van der Waals surface area contributed by atoms with Gasteiger partial charge < -0.3 is 20.0 Å². The van der Waals surface area contributed by atoms with Crippen LogP contribution in [-0.2, 0) is 17.9 Å². The van der Waals surface area contributed by atoms with E-state index in [1.54, 1.807) is 0 Å². The number of amides is 1. The Bertz CT molecular complexity index is 733. The van der Waals surface area contributed by atoms with E-state index >= 15 is 0 Å². The number of hydrogen-bond donors (Lipinski definition) is 1. The van der Waals surface area contributed by atoms with E-state index in [0.29, 0.717) is 13.0 Å². The molecular weight excluding hydrogens is 386 g/mol. The van der Waals surface area contributed by atoms with Crippen molar-refractivity contribution in [2.24, 2.45) is 10.9 Å². The standard InChI is InChI=1S/C25H39N5O/c1-2-26-25(29-16-12-21(18-29)17-28-14-6-3-7-15-28)27-13-8-11-24(31)30-19-22-9-4-5-10-23(22)20-30/h4-5,9-10,21H,2-3,6-8,11-20H2,1H3,(H,26,27). The second-order valence-electron chi connectivity index (χ2n) is 9.32. The number of hydrogen-bond acceptors (Lipinski definition) is 3. The highest BCUT2D eigenvalue weighted by atomic mass is 16.2. The molecule has 0 saturated carbocycles. The molecule has 4 rings (SSSR count). The molecule has 1 N–H and O–H groups in total. The molecule has 0 aromatic heterocycles. The van der Waals surface area contributed by atoms with Gasteiger partial charge in [0.15, 0.2) is 5.96 Å². The predicted octanol–water partition coefficient (Wildman–Crippen LogP) is 3.08. The summed E-state index contributed by atoms with van der Waals surface area (Å²) in [6, 6.07) is 8.37. The maximum Gasteiger partial charge on any atom is 0.223 e. The van der Waals surface area contributed by atoms with Crippen LogP contribution < -0.4 is 5.32 Å². The van der Waals surface area contributed by atoms with E-state index in [1.165, 1.54) is 56.4 Å². The van der Waals surface area contributed by atoms with Gasteiger partial charge in [-0.2, -0.15) is 0 Å². The molecule has 170 valence electrons. The summed E-state index contributed by atoms with van der Waals surface area (Å²) in [4.78, 5) is 24.5. The molecule has 0 spiro atoms. The van der Waals surface area contributed by atoms with Crippen molar-refractivity contribution in [1.29, 1.82) is 0 Å². The minimum absolute atomic E-state index is 0.249. The fraction of sp³-hybridized carbons (Fsp3) is 0.680. The maximum absolute atomic E-state index is 12.6. The van der Waals surface area contributed by atoms with Crippen molar-refractivity contribution in [1.82, 2.24) is 20.0 Å². The Morgan fingerprint density at radius 2 is 1.81 bits per heavy atom. The molecule has 3 heterocycles. The van der Waals surface area contributed by atoms with Crippen LogP contribution in [-0.4, -0.2) is 72.4 Å². The van der Waals surface area contributed by atoms with Crippen LogP contribution >= 0.6 is 0 Å². The lowest BCUT2D eigenvalue weighted by atomic mass is 10.1. The first-order valence-electron chi connectivity index (χ1n) is 12.3. The molecule has 3 aliphatic heterocycles. The van der Waals surface area contributed by atoms with E-state index in [0.717, 1.165) is 51.0 Å². The normalized spacial score (nSPS) is 22.1. The van der Waals surface area contributed by atoms with E-state index in [1.807, 2.05) is 4.90 Å². The Balaban J connectivity index is 1.20. The van der Waals surface area contributed by atoms with E-state index in [9.17, 15) is 4.79 Å². The van der Waals surface area contributed by atoms with E-state index in [4.69, 9.17) is 4.99 Å². The molecule has 6 heteroatoms. The molecule has 3 aliphatic rings. The van der Waals surface area contributed by atoms with Gasteiger partial charge in [-0.25, -0.2) is 0 Å². The Morgan fingerprint density at radius 1 is 1.06 bits per heavy atom. The van der Waals surface area contributed by atoms with Gasteiger partial charge in [-0.3, -0.25) is 9.79 Å². The van der Waals surface area contributed by atoms with Crippen molar-refractivity contribution >= 4 is 11.9 Å². The molecule has 0 radical (unpaired) electrons. The molecule has 31 heavy (non-hydrogen) atoms. The number of fused-ring (bicyclic) bond motifs is 1. The zero-order valence-corrected chi connectivity index (χ0v) is 19.2. The molecule has 1 aromatic carbocycles. The number of nitrogens with one attached hydrogen (secondary N) is 1. The monoisotopic (exact) mass is 425 g/mol. The van der Waals surface area contributed by atoms with Crippen LogP contribution in [0.2, 0.25) is 0 Å². The Morgan fingerprint density at radius 3 is 2.52 bits per heavy atom. The lowest BCUT2D eigenvalue weighted by Gasteiger charge is -2.29. The largest absolute Gasteiger partial charge is 0.357 e. The summed E-state index contributed by atoms with van der Waals surface area (Å²) in [5.41, 5.74) is 2.58. The number of likely N-dealkylation sites (tertiary alicyclic amines) is 2. The lowest BCUT2D eigenvalue weighted by Crippen LogP contribution is -2.41. The molecule has 6 nitrogen and oxygen atoms in total. The second-order valence-corrected chi connectivity index (χ2v) is 9.32. The van der Waals surface area contributed by atoms with Crippen LogP contribution in [0, 0.1) is 5.92 Å². The highest BCUT2D eigenvalue weighted by Crippen LogP contribution is 2.23. The van der Waals surface area contributed by atoms with Gasteiger partial charge >= 0.3 is 0 Å². The maximum atomic E-state index is 12.6. The third-order valence-electron chi connectivity index (χ3n) is 6.89. The topological polar surface area (TPSA) is 51.2 Å². The zero-order chi connectivity index (χ0) is 21.5. The van der Waals surface area contributed by atoms with Crippen molar-refractivity contribution in [3.8, 4) is 0 Å². The van der Waals surface area contributed by atoms with E-state index in [-0.39, 0.29) is 5.91 Å². The second kappa shape index (κ2) is 11.0. The summed E-state index contributed by atoms with van der Waals surface area (Å²) in [5.74, 6) is 2.03. The van der Waals surface area contributed by atoms with Crippen LogP contribution in [0.15, 0.2) is 29.3 Å². The SMILES string of the molecule is CCNC(=NCCCC(=O)N1Cc2ccccc2C1)N1CCC(CN2CCCCC2)C1. The molecule has 0 aliphatic carbocycles. The number of carbonyl (C=O) groups is 1. The summed E-state index contributed by atoms with van der Waals surface area (Å²) in [6.07, 6.45) is 6.78. The third kappa shape index (κ3) is 6.00. The number of rotatable bonds is 7. The smallest absolute Gasteiger partial charge is 0.223 e. The first-order chi connectivity index (χ1) is 15.2. The minimum atomic E-state index is 0.249. The van der Waals surface area contributed by atoms with Crippen molar-refractivity contribution in [3.63, 3.8) is 0 Å². The van der Waals surface area contributed by atoms with Gasteiger partial charge in [0.2, 0.25) is 5.91 Å². The molecule has 1 unspecified atom stereocenters. The van der Waals surface area contributed by atoms with Crippen LogP contribution in [0.3, 0.4) is 0 Å². The van der Waals surface area contributed by atoms with Gasteiger partial charge in [0, 0.05) is 52.2 Å². The van der Waals surface area contributed by atoms with Crippen LogP contribution in [0.4, 0.5) is 0 Å². The number of carbonyl (C=O) groups excluding carboxylic acids is 1. The highest BCUT2D eigenvalue weighted by Gasteiger charge is 2.27. The summed E-state index contributed by atoms with van der Waals surface area (Å²) >= 11 is 0. The number of nitrogens with zero attached hydrogens (tertiary/aromatic N) is 4. The van der Waals surface area contributed by atoms with Crippen molar-refractivity contribution in [2.45, 2.75) is 58.5 Å². The van der Waals surface area contributed by atoms with Crippen molar-refractivity contribution in [2.75, 3.05) is 45.8 Å². The van der Waals surface area contributed by atoms with Crippen LogP contribution in [0.5, 0.6) is 0 Å². The summed E-state index contributed by atoms with van der Waals surface area (Å²) in [5, 5.41) is 3.47. The minimum Gasteiger partial charge on any atom is -0.357 e. The summed E-state index contributed by atoms with van der Waals surface area (Å²) in [7, 11) is 0. The fourth-order valence-electron chi connectivity index (χ4n) is 5.19. The Hall–Kier alpha value is -2.08. The quantitative estimate of drug-likeness (QED) is 0.414. The molecule has 2 saturated heterocycles. The summed E-state index contributed by atoms with van der Waals surface area (Å²) < 4.78 is 0. The average molecular weight is 426 g/mol. The first kappa shape index (κ1) is 22.1. The zero-order valence-electron chi connectivity index (χ0n) is 19.2. The van der Waals surface area contributed by atoms with Gasteiger partial charge in [-0.1, -0.05) is 30.7 Å². The molecular formula is C25H39N5O. The lowest BCUT2D eigenvalue weighted by molar-refractivity contribution is -0.131. The molecule has 2 fully saturated rings. The van der Waals surface area contributed by atoms with Gasteiger partial charge in [-0.15, -0.1) is 0 Å². The molecule has 0 bridgehead atoms. The molecule has 1 aromatic rings. The molecule has 1 atom stereocenters. The van der Waals surface area contributed by atoms with Crippen molar-refractivity contribution in [3.05, 3.63) is 35.4 Å².